The van der Waals surface area contributed by atoms with Crippen molar-refractivity contribution in [3.05, 3.63) is 73.6 Å². The first-order valence-electron chi connectivity index (χ1n) is 9.43. The van der Waals surface area contributed by atoms with Crippen LogP contribution in [-0.2, 0) is 22.8 Å². The first-order valence-corrected chi connectivity index (χ1v) is 9.81. The summed E-state index contributed by atoms with van der Waals surface area (Å²) in [6.07, 6.45) is -3.61. The number of aliphatic carboxylic acids is 1. The fraction of sp³-hybridized carbons (Fsp3) is 0.250. The van der Waals surface area contributed by atoms with E-state index in [1.54, 1.807) is 4.98 Å². The van der Waals surface area contributed by atoms with Crippen LogP contribution in [-0.4, -0.2) is 44.7 Å². The van der Waals surface area contributed by atoms with Crippen molar-refractivity contribution in [3.8, 4) is 16.9 Å². The third-order valence-corrected chi connectivity index (χ3v) is 5.26. The molecule has 1 aromatic heterocycles. The summed E-state index contributed by atoms with van der Waals surface area (Å²) < 4.78 is 66.3. The maximum Gasteiger partial charge on any atom is 0.432 e. The van der Waals surface area contributed by atoms with Crippen LogP contribution in [0.15, 0.2) is 45.8 Å². The van der Waals surface area contributed by atoms with Crippen LogP contribution in [0.3, 0.4) is 0 Å². The Hall–Kier alpha value is -3.62. The molecule has 35 heavy (non-hydrogen) atoms. The molecule has 1 aliphatic heterocycles. The fourth-order valence-corrected chi connectivity index (χ4v) is 3.58. The zero-order valence-corrected chi connectivity index (χ0v) is 18.5. The molecule has 3 rings (SSSR count). The summed E-state index contributed by atoms with van der Waals surface area (Å²) in [6, 6.07) is 1.19. The first-order chi connectivity index (χ1) is 16.2. The number of halogens is 5. The van der Waals surface area contributed by atoms with Crippen LogP contribution in [0.1, 0.15) is 5.69 Å². The lowest BCUT2D eigenvalue weighted by Crippen LogP contribution is -2.59. The molecule has 1 aromatic carbocycles. The van der Waals surface area contributed by atoms with Crippen LogP contribution >= 0.6 is 11.6 Å². The van der Waals surface area contributed by atoms with E-state index in [1.807, 2.05) is 0 Å². The Morgan fingerprint density at radius 2 is 1.94 bits per heavy atom. The molecule has 4 N–H and O–H groups in total. The van der Waals surface area contributed by atoms with Crippen molar-refractivity contribution >= 4 is 17.6 Å². The summed E-state index contributed by atoms with van der Waals surface area (Å²) in [5.74, 6) is -4.04. The van der Waals surface area contributed by atoms with Crippen LogP contribution in [0.25, 0.3) is 11.1 Å². The molecule has 0 spiro atoms. The Bertz CT molecular complexity index is 1370. The summed E-state index contributed by atoms with van der Waals surface area (Å²) in [5.41, 5.74) is -9.33. The van der Waals surface area contributed by atoms with Crippen molar-refractivity contribution < 1.29 is 42.0 Å². The van der Waals surface area contributed by atoms with Gasteiger partial charge in [0, 0.05) is 19.7 Å². The van der Waals surface area contributed by atoms with Crippen LogP contribution in [0.5, 0.6) is 5.75 Å². The summed E-state index contributed by atoms with van der Waals surface area (Å²) in [6.45, 7) is 0. The minimum Gasteiger partial charge on any atom is -0.479 e. The standard InChI is InChI=1S/C20H16ClF4N3O7/c1-28-14(20(23,24)25)13(16(29)27-18(28)32)8-6-11(9(21)7-10(8)22)35-12-4-3-5-26-19(12,33)15(34-2)17(30)31/h3-7,15,26,33H,1-2H3,(H,30,31)(H,27,29,32). The number of nitrogens with zero attached hydrogens (tertiary/aromatic N) is 1. The highest BCUT2D eigenvalue weighted by atomic mass is 35.5. The molecule has 0 bridgehead atoms. The lowest BCUT2D eigenvalue weighted by atomic mass is 10.0. The highest BCUT2D eigenvalue weighted by molar-refractivity contribution is 6.32. The Labute approximate surface area is 197 Å². The highest BCUT2D eigenvalue weighted by Crippen LogP contribution is 2.39. The zero-order valence-electron chi connectivity index (χ0n) is 17.7. The van der Waals surface area contributed by atoms with Gasteiger partial charge in [-0.3, -0.25) is 14.3 Å². The molecule has 2 atom stereocenters. The molecule has 0 amide bonds. The van der Waals surface area contributed by atoms with E-state index in [0.717, 1.165) is 20.2 Å². The molecule has 0 fully saturated rings. The zero-order chi connectivity index (χ0) is 26.3. The molecule has 0 radical (unpaired) electrons. The number of carbonyl (C=O) groups is 1. The maximum absolute atomic E-state index is 14.8. The number of aliphatic hydroxyl groups is 1. The summed E-state index contributed by atoms with van der Waals surface area (Å²) >= 11 is 5.98. The van der Waals surface area contributed by atoms with Gasteiger partial charge in [0.25, 0.3) is 5.56 Å². The van der Waals surface area contributed by atoms with Gasteiger partial charge in [0.05, 0.1) is 10.6 Å². The van der Waals surface area contributed by atoms with Crippen LogP contribution in [0.2, 0.25) is 5.02 Å². The topological polar surface area (TPSA) is 143 Å². The predicted octanol–water partition coefficient (Wildman–Crippen LogP) is 1.72. The predicted molar refractivity (Wildman–Crippen MR) is 112 cm³/mol. The van der Waals surface area contributed by atoms with Gasteiger partial charge < -0.3 is 25.0 Å². The van der Waals surface area contributed by atoms with Gasteiger partial charge in [-0.2, -0.15) is 13.2 Å². The van der Waals surface area contributed by atoms with Gasteiger partial charge in [-0.15, -0.1) is 0 Å². The Balaban J connectivity index is 2.22. The number of aromatic amines is 1. The van der Waals surface area contributed by atoms with E-state index in [2.05, 4.69) is 5.32 Å². The van der Waals surface area contributed by atoms with Gasteiger partial charge in [-0.25, -0.2) is 14.0 Å². The number of ether oxygens (including phenoxy) is 2. The van der Waals surface area contributed by atoms with Gasteiger partial charge in [0.2, 0.25) is 11.8 Å². The Kier molecular flexibility index (Phi) is 6.83. The normalized spacial score (nSPS) is 18.6. The number of carboxylic acid groups (broad SMARTS) is 1. The van der Waals surface area contributed by atoms with Gasteiger partial charge in [0.15, 0.2) is 5.76 Å². The molecule has 0 aliphatic carbocycles. The molecule has 2 aromatic rings. The molecule has 2 heterocycles. The lowest BCUT2D eigenvalue weighted by molar-refractivity contribution is -0.168. The molecule has 15 heteroatoms. The average molecular weight is 522 g/mol. The maximum atomic E-state index is 14.8. The molecular formula is C20H16ClF4N3O7. The number of alkyl halides is 3. The van der Waals surface area contributed by atoms with E-state index in [9.17, 15) is 42.2 Å². The van der Waals surface area contributed by atoms with Crippen molar-refractivity contribution in [1.29, 1.82) is 0 Å². The quantitative estimate of drug-likeness (QED) is 0.421. The van der Waals surface area contributed by atoms with Gasteiger partial charge >= 0.3 is 17.8 Å². The van der Waals surface area contributed by atoms with Gasteiger partial charge in [-0.05, 0) is 30.5 Å². The smallest absolute Gasteiger partial charge is 0.432 e. The first kappa shape index (κ1) is 26.0. The number of methoxy groups -OCH3 is 1. The number of aromatic nitrogens is 2. The number of hydrogen-bond donors (Lipinski definition) is 4. The minimum absolute atomic E-state index is 0.0957. The number of dihydropyridines is 1. The largest absolute Gasteiger partial charge is 0.479 e. The third-order valence-electron chi connectivity index (χ3n) is 4.97. The molecule has 10 nitrogen and oxygen atoms in total. The number of rotatable bonds is 6. The molecular weight excluding hydrogens is 506 g/mol. The van der Waals surface area contributed by atoms with E-state index in [0.29, 0.717) is 12.1 Å². The van der Waals surface area contributed by atoms with Crippen molar-refractivity contribution in [2.75, 3.05) is 7.11 Å². The third kappa shape index (κ3) is 4.67. The monoisotopic (exact) mass is 521 g/mol. The Morgan fingerprint density at radius 1 is 1.29 bits per heavy atom. The summed E-state index contributed by atoms with van der Waals surface area (Å²) in [4.78, 5) is 37.3. The second kappa shape index (κ2) is 9.20. The molecule has 188 valence electrons. The number of H-pyrrole nitrogens is 1. The number of carboxylic acids is 1. The van der Waals surface area contributed by atoms with Crippen molar-refractivity contribution in [2.45, 2.75) is 18.0 Å². The minimum atomic E-state index is -5.24. The second-order valence-corrected chi connectivity index (χ2v) is 7.57. The van der Waals surface area contributed by atoms with E-state index in [4.69, 9.17) is 21.1 Å². The number of nitrogens with one attached hydrogen (secondary N) is 2. The fourth-order valence-electron chi connectivity index (χ4n) is 3.40. The molecule has 0 saturated carbocycles. The highest BCUT2D eigenvalue weighted by Gasteiger charge is 2.48. The van der Waals surface area contributed by atoms with Crippen LogP contribution < -0.4 is 21.3 Å². The number of hydrogen-bond acceptors (Lipinski definition) is 7. The van der Waals surface area contributed by atoms with Crippen LogP contribution in [0, 0.1) is 5.82 Å². The van der Waals surface area contributed by atoms with Crippen LogP contribution in [0.4, 0.5) is 17.6 Å². The van der Waals surface area contributed by atoms with E-state index in [-0.39, 0.29) is 4.57 Å². The number of benzene rings is 1. The lowest BCUT2D eigenvalue weighted by Gasteiger charge is -2.35. The molecule has 0 saturated heterocycles. The van der Waals surface area contributed by atoms with Gasteiger partial charge in [0.1, 0.15) is 17.3 Å². The van der Waals surface area contributed by atoms with Gasteiger partial charge in [-0.1, -0.05) is 11.6 Å². The molecule has 1 aliphatic rings. The van der Waals surface area contributed by atoms with E-state index >= 15 is 0 Å². The molecule has 2 unspecified atom stereocenters. The average Bonchev–Trinajstić information content (AvgIpc) is 2.73. The summed E-state index contributed by atoms with van der Waals surface area (Å²) in [5, 5.41) is 22.1. The van der Waals surface area contributed by atoms with Crippen molar-refractivity contribution in [2.24, 2.45) is 7.05 Å². The van der Waals surface area contributed by atoms with E-state index < -0.39 is 74.4 Å². The Morgan fingerprint density at radius 3 is 2.51 bits per heavy atom. The second-order valence-electron chi connectivity index (χ2n) is 7.16. The summed E-state index contributed by atoms with van der Waals surface area (Å²) in [7, 11) is 1.72. The van der Waals surface area contributed by atoms with Crippen molar-refractivity contribution in [3.63, 3.8) is 0 Å². The van der Waals surface area contributed by atoms with Crippen molar-refractivity contribution in [1.82, 2.24) is 14.9 Å². The van der Waals surface area contributed by atoms with E-state index in [1.165, 1.54) is 12.3 Å². The number of allylic oxidation sites excluding steroid dienone is 2. The SMILES string of the molecule is COC(C(=O)O)C1(O)NC=CC=C1Oc1cc(-c2c(C(F)(F)F)n(C)c(=O)[nH]c2=O)c(F)cc1Cl.